The fraction of sp³-hybridized carbons (Fsp3) is 0.214. The molecule has 0 unspecified atom stereocenters. The topological polar surface area (TPSA) is 128 Å². The van der Waals surface area contributed by atoms with E-state index in [0.29, 0.717) is 11.6 Å². The standard InChI is InChI=1S/C14H13ClN4.H4N2/c15-11-5-9(3-4-10(11)8-1-2-8)12-6-13(14(16)17)19-7-18-12;1-2/h3-8H,1-2H2,(H3,16,17);1-2H2. The van der Waals surface area contributed by atoms with E-state index in [1.54, 1.807) is 6.07 Å². The van der Waals surface area contributed by atoms with Crippen molar-refractivity contribution in [3.05, 3.63) is 46.9 Å². The first kappa shape index (κ1) is 15.4. The first-order chi connectivity index (χ1) is 10.1. The maximum Gasteiger partial charge on any atom is 0.141 e. The molecule has 2 aromatic rings. The van der Waals surface area contributed by atoms with Crippen molar-refractivity contribution in [2.24, 2.45) is 17.4 Å². The summed E-state index contributed by atoms with van der Waals surface area (Å²) in [6.45, 7) is 0. The molecule has 0 radical (unpaired) electrons. The highest BCUT2D eigenvalue weighted by Gasteiger charge is 2.25. The lowest BCUT2D eigenvalue weighted by atomic mass is 10.1. The lowest BCUT2D eigenvalue weighted by Gasteiger charge is -2.06. The summed E-state index contributed by atoms with van der Waals surface area (Å²) in [6.07, 6.45) is 3.86. The Labute approximate surface area is 127 Å². The maximum atomic E-state index is 7.40. The lowest BCUT2D eigenvalue weighted by molar-refractivity contribution is 1.12. The number of hydrogen-bond acceptors (Lipinski definition) is 5. The molecular formula is C14H17ClN6. The molecule has 110 valence electrons. The van der Waals surface area contributed by atoms with Crippen molar-refractivity contribution in [3.63, 3.8) is 0 Å². The van der Waals surface area contributed by atoms with Crippen molar-refractivity contribution in [2.45, 2.75) is 18.8 Å². The maximum absolute atomic E-state index is 7.40. The van der Waals surface area contributed by atoms with Crippen LogP contribution in [0.1, 0.15) is 30.0 Å². The van der Waals surface area contributed by atoms with Gasteiger partial charge in [0.1, 0.15) is 17.9 Å². The van der Waals surface area contributed by atoms with Gasteiger partial charge in [0.15, 0.2) is 0 Å². The average Bonchev–Trinajstić information content (AvgIpc) is 3.34. The van der Waals surface area contributed by atoms with E-state index in [9.17, 15) is 0 Å². The van der Waals surface area contributed by atoms with Crippen LogP contribution in [-0.2, 0) is 0 Å². The summed E-state index contributed by atoms with van der Waals surface area (Å²) in [5, 5.41) is 8.18. The van der Waals surface area contributed by atoms with Gasteiger partial charge < -0.3 is 5.73 Å². The summed E-state index contributed by atoms with van der Waals surface area (Å²) in [5.41, 5.74) is 8.71. The third-order valence-electron chi connectivity index (χ3n) is 3.26. The van der Waals surface area contributed by atoms with Gasteiger partial charge in [0.05, 0.1) is 5.69 Å². The number of nitrogens with zero attached hydrogens (tertiary/aromatic N) is 2. The van der Waals surface area contributed by atoms with Crippen molar-refractivity contribution in [1.29, 1.82) is 5.41 Å². The molecule has 1 fully saturated rings. The molecule has 1 aliphatic carbocycles. The molecule has 0 spiro atoms. The highest BCUT2D eigenvalue weighted by Crippen LogP contribution is 2.43. The second kappa shape index (κ2) is 6.62. The van der Waals surface area contributed by atoms with E-state index < -0.39 is 0 Å². The van der Waals surface area contributed by atoms with Crippen LogP contribution in [-0.4, -0.2) is 15.8 Å². The Morgan fingerprint density at radius 3 is 2.48 bits per heavy atom. The molecular weight excluding hydrogens is 288 g/mol. The van der Waals surface area contributed by atoms with E-state index in [1.807, 2.05) is 12.1 Å². The van der Waals surface area contributed by atoms with Crippen molar-refractivity contribution >= 4 is 17.4 Å². The minimum absolute atomic E-state index is 0.0654. The number of halogens is 1. The fourth-order valence-corrected chi connectivity index (χ4v) is 2.41. The Bertz CT molecular complexity index is 654. The molecule has 21 heavy (non-hydrogen) atoms. The predicted molar refractivity (Wildman–Crippen MR) is 83.8 cm³/mol. The number of hydrogen-bond donors (Lipinski definition) is 4. The molecule has 1 heterocycles. The number of nitrogens with two attached hydrogens (primary N) is 3. The Hall–Kier alpha value is -2.02. The van der Waals surface area contributed by atoms with E-state index in [0.717, 1.165) is 16.3 Å². The average molecular weight is 305 g/mol. The van der Waals surface area contributed by atoms with Gasteiger partial charge in [-0.15, -0.1) is 0 Å². The predicted octanol–water partition coefficient (Wildman–Crippen LogP) is 1.78. The van der Waals surface area contributed by atoms with Gasteiger partial charge in [-0.25, -0.2) is 9.97 Å². The first-order valence-corrected chi connectivity index (χ1v) is 6.82. The molecule has 1 aliphatic rings. The minimum Gasteiger partial charge on any atom is -0.382 e. The number of nitrogens with one attached hydrogen (secondary N) is 1. The zero-order valence-electron chi connectivity index (χ0n) is 11.4. The van der Waals surface area contributed by atoms with Crippen molar-refractivity contribution in [1.82, 2.24) is 9.97 Å². The zero-order valence-corrected chi connectivity index (χ0v) is 12.1. The molecule has 7 N–H and O–H groups in total. The van der Waals surface area contributed by atoms with Crippen molar-refractivity contribution in [2.75, 3.05) is 0 Å². The van der Waals surface area contributed by atoms with Gasteiger partial charge in [0.25, 0.3) is 0 Å². The smallest absolute Gasteiger partial charge is 0.141 e. The zero-order chi connectivity index (χ0) is 15.4. The van der Waals surface area contributed by atoms with E-state index >= 15 is 0 Å². The molecule has 0 aliphatic heterocycles. The summed E-state index contributed by atoms with van der Waals surface area (Å²) >= 11 is 6.31. The molecule has 0 bridgehead atoms. The van der Waals surface area contributed by atoms with Crippen LogP contribution in [0.3, 0.4) is 0 Å². The Balaban J connectivity index is 0.000000774. The second-order valence-electron chi connectivity index (χ2n) is 4.71. The van der Waals surface area contributed by atoms with Crippen LogP contribution in [0.25, 0.3) is 11.3 Å². The molecule has 0 amide bonds. The number of rotatable bonds is 3. The quantitative estimate of drug-likeness (QED) is 0.297. The van der Waals surface area contributed by atoms with Crippen LogP contribution in [0.5, 0.6) is 0 Å². The molecule has 1 aromatic heterocycles. The number of hydrazine groups is 1. The van der Waals surface area contributed by atoms with Gasteiger partial charge in [-0.1, -0.05) is 23.7 Å². The van der Waals surface area contributed by atoms with Crippen LogP contribution < -0.4 is 17.4 Å². The Kier molecular flexibility index (Phi) is 4.85. The van der Waals surface area contributed by atoms with Crippen LogP contribution in [0.2, 0.25) is 5.02 Å². The second-order valence-corrected chi connectivity index (χ2v) is 5.12. The number of nitrogen functional groups attached to an aromatic ring is 1. The van der Waals surface area contributed by atoms with Gasteiger partial charge in [-0.3, -0.25) is 17.1 Å². The van der Waals surface area contributed by atoms with Crippen LogP contribution >= 0.6 is 11.6 Å². The summed E-state index contributed by atoms with van der Waals surface area (Å²) in [6, 6.07) is 7.68. The van der Waals surface area contributed by atoms with Crippen LogP contribution in [0.15, 0.2) is 30.6 Å². The normalized spacial score (nSPS) is 13.3. The molecule has 0 saturated heterocycles. The third kappa shape index (κ3) is 3.55. The van der Waals surface area contributed by atoms with E-state index in [4.69, 9.17) is 22.7 Å². The molecule has 3 rings (SSSR count). The summed E-state index contributed by atoms with van der Waals surface area (Å²) in [7, 11) is 0. The van der Waals surface area contributed by atoms with Gasteiger partial charge in [0, 0.05) is 10.6 Å². The molecule has 0 atom stereocenters. The highest BCUT2D eigenvalue weighted by molar-refractivity contribution is 6.31. The SMILES string of the molecule is N=C(N)c1cc(-c2ccc(C3CC3)c(Cl)c2)ncn1.NN. The monoisotopic (exact) mass is 304 g/mol. The van der Waals surface area contributed by atoms with Crippen molar-refractivity contribution in [3.8, 4) is 11.3 Å². The summed E-state index contributed by atoms with van der Waals surface area (Å²) < 4.78 is 0. The molecule has 1 saturated carbocycles. The summed E-state index contributed by atoms with van der Waals surface area (Å²) in [4.78, 5) is 8.15. The summed E-state index contributed by atoms with van der Waals surface area (Å²) in [5.74, 6) is 8.56. The van der Waals surface area contributed by atoms with Gasteiger partial charge in [-0.05, 0) is 36.5 Å². The first-order valence-electron chi connectivity index (χ1n) is 6.45. The third-order valence-corrected chi connectivity index (χ3v) is 3.58. The highest BCUT2D eigenvalue weighted by atomic mass is 35.5. The minimum atomic E-state index is -0.0654. The van der Waals surface area contributed by atoms with Gasteiger partial charge in [-0.2, -0.15) is 0 Å². The van der Waals surface area contributed by atoms with Crippen molar-refractivity contribution < 1.29 is 0 Å². The van der Waals surface area contributed by atoms with E-state index in [-0.39, 0.29) is 5.84 Å². The number of amidine groups is 1. The Morgan fingerprint density at radius 2 is 1.90 bits per heavy atom. The Morgan fingerprint density at radius 1 is 1.19 bits per heavy atom. The molecule has 6 nitrogen and oxygen atoms in total. The van der Waals surface area contributed by atoms with Crippen LogP contribution in [0, 0.1) is 5.41 Å². The van der Waals surface area contributed by atoms with Gasteiger partial charge in [0.2, 0.25) is 0 Å². The van der Waals surface area contributed by atoms with E-state index in [2.05, 4.69) is 27.7 Å². The fourth-order valence-electron chi connectivity index (χ4n) is 2.07. The number of aromatic nitrogens is 2. The molecule has 1 aromatic carbocycles. The number of benzene rings is 1. The van der Waals surface area contributed by atoms with Gasteiger partial charge >= 0.3 is 0 Å². The van der Waals surface area contributed by atoms with Crippen LogP contribution in [0.4, 0.5) is 0 Å². The van der Waals surface area contributed by atoms with E-state index in [1.165, 1.54) is 24.7 Å². The largest absolute Gasteiger partial charge is 0.382 e. The molecule has 7 heteroatoms. The lowest BCUT2D eigenvalue weighted by Crippen LogP contribution is -2.13.